The van der Waals surface area contributed by atoms with Crippen molar-refractivity contribution in [2.45, 2.75) is 18.6 Å². The van der Waals surface area contributed by atoms with Crippen LogP contribution in [-0.4, -0.2) is 28.8 Å². The van der Waals surface area contributed by atoms with E-state index in [0.29, 0.717) is 12.0 Å². The summed E-state index contributed by atoms with van der Waals surface area (Å²) in [5.74, 6) is -0.506. The predicted molar refractivity (Wildman–Crippen MR) is 80.6 cm³/mol. The third-order valence-electron chi connectivity index (χ3n) is 3.19. The van der Waals surface area contributed by atoms with Crippen LogP contribution in [0.4, 0.5) is 0 Å². The Labute approximate surface area is 124 Å². The largest absolute Gasteiger partial charge is 0.391 e. The molecule has 0 spiro atoms. The molecule has 0 aliphatic rings. The molecule has 21 heavy (non-hydrogen) atoms. The Hall–Kier alpha value is -2.17. The second-order valence-electron chi connectivity index (χ2n) is 4.90. The summed E-state index contributed by atoms with van der Waals surface area (Å²) in [6.45, 7) is 0.109. The van der Waals surface area contributed by atoms with Crippen molar-refractivity contribution in [2.75, 3.05) is 6.54 Å². The van der Waals surface area contributed by atoms with Gasteiger partial charge in [-0.05, 0) is 11.1 Å². The molecule has 110 valence electrons. The molecule has 0 bridgehead atoms. The predicted octanol–water partition coefficient (Wildman–Crippen LogP) is 1.44. The molecule has 2 rings (SSSR count). The van der Waals surface area contributed by atoms with Crippen LogP contribution in [0, 0.1) is 0 Å². The first-order chi connectivity index (χ1) is 10.2. The third-order valence-corrected chi connectivity index (χ3v) is 3.19. The molecular formula is C17H19NO3. The Morgan fingerprint density at radius 1 is 0.952 bits per heavy atom. The molecule has 0 saturated carbocycles. The van der Waals surface area contributed by atoms with Gasteiger partial charge in [-0.25, -0.2) is 0 Å². The summed E-state index contributed by atoms with van der Waals surface area (Å²) < 4.78 is 0. The highest BCUT2D eigenvalue weighted by Crippen LogP contribution is 2.11. The second kappa shape index (κ2) is 7.57. The summed E-state index contributed by atoms with van der Waals surface area (Å²) in [4.78, 5) is 11.8. The molecule has 0 fully saturated rings. The van der Waals surface area contributed by atoms with Crippen molar-refractivity contribution in [1.29, 1.82) is 0 Å². The number of benzene rings is 2. The fraction of sp³-hybridized carbons (Fsp3) is 0.235. The molecule has 0 unspecified atom stereocenters. The van der Waals surface area contributed by atoms with Gasteiger partial charge in [0.25, 0.3) is 5.91 Å². The maximum Gasteiger partial charge on any atom is 0.253 e. The van der Waals surface area contributed by atoms with E-state index in [1.54, 1.807) is 24.3 Å². The van der Waals surface area contributed by atoms with Crippen LogP contribution in [-0.2, 0) is 11.2 Å². The first-order valence-corrected chi connectivity index (χ1v) is 6.89. The van der Waals surface area contributed by atoms with Crippen LogP contribution in [0.3, 0.4) is 0 Å². The van der Waals surface area contributed by atoms with Crippen LogP contribution in [0.25, 0.3) is 0 Å². The van der Waals surface area contributed by atoms with Gasteiger partial charge in [-0.3, -0.25) is 4.79 Å². The highest BCUT2D eigenvalue weighted by Gasteiger charge is 2.17. The van der Waals surface area contributed by atoms with E-state index in [4.69, 9.17) is 0 Å². The van der Waals surface area contributed by atoms with Gasteiger partial charge in [0.1, 0.15) is 0 Å². The lowest BCUT2D eigenvalue weighted by molar-refractivity contribution is -0.130. The minimum atomic E-state index is -1.21. The monoisotopic (exact) mass is 285 g/mol. The lowest BCUT2D eigenvalue weighted by Crippen LogP contribution is -2.36. The number of amides is 1. The van der Waals surface area contributed by atoms with Crippen LogP contribution in [0.15, 0.2) is 60.7 Å². The summed E-state index contributed by atoms with van der Waals surface area (Å²) in [6.07, 6.45) is -1.43. The number of aliphatic hydroxyl groups excluding tert-OH is 2. The number of carbonyl (C=O) groups excluding carboxylic acids is 1. The molecule has 0 aliphatic carbocycles. The number of hydrogen-bond donors (Lipinski definition) is 3. The molecule has 4 heteroatoms. The van der Waals surface area contributed by atoms with Gasteiger partial charge in [-0.2, -0.15) is 0 Å². The lowest BCUT2D eigenvalue weighted by Gasteiger charge is -2.15. The van der Waals surface area contributed by atoms with E-state index >= 15 is 0 Å². The van der Waals surface area contributed by atoms with E-state index in [1.807, 2.05) is 36.4 Å². The lowest BCUT2D eigenvalue weighted by atomic mass is 10.1. The van der Waals surface area contributed by atoms with Crippen molar-refractivity contribution in [3.05, 3.63) is 71.8 Å². The molecule has 0 heterocycles. The minimum absolute atomic E-state index is 0.109. The topological polar surface area (TPSA) is 69.6 Å². The van der Waals surface area contributed by atoms with Gasteiger partial charge >= 0.3 is 0 Å². The zero-order valence-corrected chi connectivity index (χ0v) is 11.6. The van der Waals surface area contributed by atoms with Crippen LogP contribution in [0.5, 0.6) is 0 Å². The number of rotatable bonds is 6. The van der Waals surface area contributed by atoms with Crippen molar-refractivity contribution in [3.63, 3.8) is 0 Å². The van der Waals surface area contributed by atoms with E-state index in [-0.39, 0.29) is 6.54 Å². The first kappa shape index (κ1) is 15.2. The summed E-state index contributed by atoms with van der Waals surface area (Å²) in [7, 11) is 0. The van der Waals surface area contributed by atoms with Crippen molar-refractivity contribution >= 4 is 5.91 Å². The Morgan fingerprint density at radius 2 is 1.52 bits per heavy atom. The second-order valence-corrected chi connectivity index (χ2v) is 4.90. The molecule has 2 aromatic rings. The van der Waals surface area contributed by atoms with Crippen LogP contribution in [0.1, 0.15) is 17.2 Å². The van der Waals surface area contributed by atoms with Gasteiger partial charge in [0.15, 0.2) is 6.10 Å². The molecule has 0 aliphatic heterocycles. The molecule has 0 aromatic heterocycles. The number of hydrogen-bond acceptors (Lipinski definition) is 3. The summed E-state index contributed by atoms with van der Waals surface area (Å²) in [5, 5.41) is 22.4. The zero-order chi connectivity index (χ0) is 15.1. The van der Waals surface area contributed by atoms with Crippen molar-refractivity contribution < 1.29 is 15.0 Å². The van der Waals surface area contributed by atoms with E-state index in [2.05, 4.69) is 5.32 Å². The number of nitrogens with one attached hydrogen (secondary N) is 1. The molecule has 1 amide bonds. The zero-order valence-electron chi connectivity index (χ0n) is 11.6. The average Bonchev–Trinajstić information content (AvgIpc) is 2.53. The Bertz CT molecular complexity index is 557. The molecule has 2 atom stereocenters. The van der Waals surface area contributed by atoms with E-state index < -0.39 is 18.1 Å². The van der Waals surface area contributed by atoms with Crippen LogP contribution in [0.2, 0.25) is 0 Å². The normalized spacial score (nSPS) is 13.4. The average molecular weight is 285 g/mol. The highest BCUT2D eigenvalue weighted by molar-refractivity contribution is 5.81. The maximum absolute atomic E-state index is 11.8. The minimum Gasteiger partial charge on any atom is -0.391 e. The van der Waals surface area contributed by atoms with Gasteiger partial charge in [0.2, 0.25) is 0 Å². The van der Waals surface area contributed by atoms with E-state index in [0.717, 1.165) is 5.56 Å². The van der Waals surface area contributed by atoms with Gasteiger partial charge in [-0.1, -0.05) is 60.7 Å². The fourth-order valence-corrected chi connectivity index (χ4v) is 2.06. The Kier molecular flexibility index (Phi) is 5.49. The van der Waals surface area contributed by atoms with E-state index in [9.17, 15) is 15.0 Å². The summed E-state index contributed by atoms with van der Waals surface area (Å²) in [5.41, 5.74) is 1.54. The van der Waals surface area contributed by atoms with E-state index in [1.165, 1.54) is 0 Å². The standard InChI is InChI=1S/C17H19NO3/c19-15(11-13-7-3-1-4-8-13)12-18-17(21)16(20)14-9-5-2-6-10-14/h1-10,15-16,19-20H,11-12H2,(H,18,21)/t15-,16+/m0/s1. The molecular weight excluding hydrogens is 266 g/mol. The Morgan fingerprint density at radius 3 is 2.14 bits per heavy atom. The summed E-state index contributed by atoms with van der Waals surface area (Å²) in [6, 6.07) is 18.3. The molecule has 0 saturated heterocycles. The van der Waals surface area contributed by atoms with Crippen LogP contribution < -0.4 is 5.32 Å². The Balaban J connectivity index is 1.81. The summed E-state index contributed by atoms with van der Waals surface area (Å²) >= 11 is 0. The number of carbonyl (C=O) groups is 1. The van der Waals surface area contributed by atoms with Gasteiger partial charge in [0, 0.05) is 13.0 Å². The molecule has 3 N–H and O–H groups in total. The quantitative estimate of drug-likeness (QED) is 0.752. The fourth-order valence-electron chi connectivity index (χ4n) is 2.06. The molecule has 0 radical (unpaired) electrons. The maximum atomic E-state index is 11.8. The number of aliphatic hydroxyl groups is 2. The van der Waals surface area contributed by atoms with Gasteiger partial charge < -0.3 is 15.5 Å². The third kappa shape index (κ3) is 4.70. The van der Waals surface area contributed by atoms with Crippen molar-refractivity contribution in [3.8, 4) is 0 Å². The highest BCUT2D eigenvalue weighted by atomic mass is 16.3. The van der Waals surface area contributed by atoms with Gasteiger partial charge in [0.05, 0.1) is 6.10 Å². The van der Waals surface area contributed by atoms with Crippen LogP contribution >= 0.6 is 0 Å². The van der Waals surface area contributed by atoms with Crippen molar-refractivity contribution in [1.82, 2.24) is 5.32 Å². The molecule has 4 nitrogen and oxygen atoms in total. The SMILES string of the molecule is O=C(NC[C@@H](O)Cc1ccccc1)[C@H](O)c1ccccc1. The first-order valence-electron chi connectivity index (χ1n) is 6.89. The smallest absolute Gasteiger partial charge is 0.253 e. The van der Waals surface area contributed by atoms with Crippen molar-refractivity contribution in [2.24, 2.45) is 0 Å². The van der Waals surface area contributed by atoms with Gasteiger partial charge in [-0.15, -0.1) is 0 Å². The molecule has 2 aromatic carbocycles.